The molecule has 1 saturated heterocycles. The molecule has 0 aliphatic carbocycles. The van der Waals surface area contributed by atoms with Crippen LogP contribution in [0.15, 0.2) is 18.2 Å². The zero-order chi connectivity index (χ0) is 15.1. The van der Waals surface area contributed by atoms with Crippen molar-refractivity contribution in [3.63, 3.8) is 0 Å². The lowest BCUT2D eigenvalue weighted by Gasteiger charge is -2.32. The van der Waals surface area contributed by atoms with Crippen molar-refractivity contribution in [1.29, 1.82) is 0 Å². The Hall–Kier alpha value is -1.33. The Morgan fingerprint density at radius 3 is 2.20 bits per heavy atom. The van der Waals surface area contributed by atoms with E-state index in [1.165, 1.54) is 6.92 Å². The summed E-state index contributed by atoms with van der Waals surface area (Å²) in [6, 6.07) is 5.18. The molecule has 0 aromatic heterocycles. The van der Waals surface area contributed by atoms with Crippen LogP contribution in [0.25, 0.3) is 0 Å². The molecule has 1 heterocycles. The van der Waals surface area contributed by atoms with E-state index >= 15 is 0 Å². The first-order valence-electron chi connectivity index (χ1n) is 6.79. The molecule has 0 radical (unpaired) electrons. The summed E-state index contributed by atoms with van der Waals surface area (Å²) in [5.74, 6) is 0.162. The Labute approximate surface area is 120 Å². The number of ketones is 1. The lowest BCUT2D eigenvalue weighted by molar-refractivity contribution is -0.116. The fraction of sp³-hybridized carbons (Fsp3) is 0.533. The monoisotopic (exact) mass is 276 g/mol. The van der Waals surface area contributed by atoms with Crippen LogP contribution in [0.1, 0.15) is 40.2 Å². The third kappa shape index (κ3) is 2.74. The number of hydrogen-bond donors (Lipinski definition) is 1. The van der Waals surface area contributed by atoms with Crippen LogP contribution in [0, 0.1) is 0 Å². The van der Waals surface area contributed by atoms with Crippen LogP contribution in [0.5, 0.6) is 5.75 Å². The summed E-state index contributed by atoms with van der Waals surface area (Å²) in [6.45, 7) is 9.39. The van der Waals surface area contributed by atoms with Gasteiger partial charge in [0.25, 0.3) is 0 Å². The number of carbonyl (C=O) groups excluding carboxylic acids is 1. The minimum Gasteiger partial charge on any atom is -0.508 e. The van der Waals surface area contributed by atoms with Gasteiger partial charge in [0.15, 0.2) is 0 Å². The van der Waals surface area contributed by atoms with Crippen molar-refractivity contribution in [2.75, 3.05) is 0 Å². The van der Waals surface area contributed by atoms with Gasteiger partial charge in [-0.25, -0.2) is 0 Å². The molecular weight excluding hydrogens is 255 g/mol. The van der Waals surface area contributed by atoms with Gasteiger partial charge < -0.3 is 14.4 Å². The first-order chi connectivity index (χ1) is 9.12. The molecule has 1 N–H and O–H groups in total. The van der Waals surface area contributed by atoms with Crippen molar-refractivity contribution >= 4 is 18.4 Å². The fourth-order valence-electron chi connectivity index (χ4n) is 2.16. The molecule has 0 atom stereocenters. The topological polar surface area (TPSA) is 55.8 Å². The molecule has 0 spiro atoms. The van der Waals surface area contributed by atoms with Crippen molar-refractivity contribution in [2.24, 2.45) is 0 Å². The normalized spacial score (nSPS) is 20.1. The van der Waals surface area contributed by atoms with Crippen LogP contribution in [-0.4, -0.2) is 29.2 Å². The van der Waals surface area contributed by atoms with Gasteiger partial charge in [0.1, 0.15) is 11.5 Å². The summed E-state index contributed by atoms with van der Waals surface area (Å²) in [5.41, 5.74) is 0.496. The predicted octanol–water partition coefficient (Wildman–Crippen LogP) is 1.82. The molecule has 1 aliphatic heterocycles. The van der Waals surface area contributed by atoms with Gasteiger partial charge in [-0.15, -0.1) is 0 Å². The summed E-state index contributed by atoms with van der Waals surface area (Å²) in [4.78, 5) is 11.1. The Morgan fingerprint density at radius 2 is 1.75 bits per heavy atom. The average Bonchev–Trinajstić information content (AvgIpc) is 2.46. The van der Waals surface area contributed by atoms with Crippen LogP contribution in [0.4, 0.5) is 0 Å². The molecule has 1 fully saturated rings. The third-order valence-corrected chi connectivity index (χ3v) is 4.06. The van der Waals surface area contributed by atoms with Gasteiger partial charge in [0, 0.05) is 11.9 Å². The van der Waals surface area contributed by atoms with Gasteiger partial charge >= 0.3 is 7.12 Å². The average molecular weight is 276 g/mol. The maximum Gasteiger partial charge on any atom is 0.498 e. The van der Waals surface area contributed by atoms with E-state index in [1.807, 2.05) is 33.8 Å². The lowest BCUT2D eigenvalue weighted by atomic mass is 9.78. The van der Waals surface area contributed by atoms with E-state index in [2.05, 4.69) is 0 Å². The number of hydrogen-bond acceptors (Lipinski definition) is 4. The van der Waals surface area contributed by atoms with Crippen LogP contribution in [0.3, 0.4) is 0 Å². The first-order valence-corrected chi connectivity index (χ1v) is 6.79. The number of benzene rings is 1. The quantitative estimate of drug-likeness (QED) is 0.856. The smallest absolute Gasteiger partial charge is 0.498 e. The van der Waals surface area contributed by atoms with E-state index in [0.717, 1.165) is 5.56 Å². The highest BCUT2D eigenvalue weighted by atomic mass is 16.7. The molecule has 1 aliphatic rings. The highest BCUT2D eigenvalue weighted by Gasteiger charge is 2.52. The van der Waals surface area contributed by atoms with E-state index in [1.54, 1.807) is 12.1 Å². The van der Waals surface area contributed by atoms with Gasteiger partial charge in [0.2, 0.25) is 0 Å². The summed E-state index contributed by atoms with van der Waals surface area (Å²) in [6.07, 6.45) is 0.317. The molecular formula is C15H21BO4. The van der Waals surface area contributed by atoms with E-state index in [0.29, 0.717) is 11.9 Å². The SMILES string of the molecule is CC(=O)Cc1ccc(B2OC(C)(C)C(C)(C)O2)c(O)c1. The minimum atomic E-state index is -0.591. The van der Waals surface area contributed by atoms with Crippen LogP contribution >= 0.6 is 0 Å². The van der Waals surface area contributed by atoms with Crippen molar-refractivity contribution in [2.45, 2.75) is 52.2 Å². The maximum atomic E-state index is 11.1. The highest BCUT2D eigenvalue weighted by Crippen LogP contribution is 2.37. The van der Waals surface area contributed by atoms with Crippen LogP contribution in [0.2, 0.25) is 0 Å². The number of aromatic hydroxyl groups is 1. The summed E-state index contributed by atoms with van der Waals surface area (Å²) >= 11 is 0. The minimum absolute atomic E-state index is 0.0628. The zero-order valence-corrected chi connectivity index (χ0v) is 12.7. The molecule has 0 unspecified atom stereocenters. The summed E-state index contributed by atoms with van der Waals surface area (Å²) < 4.78 is 11.8. The second kappa shape index (κ2) is 4.90. The molecule has 20 heavy (non-hydrogen) atoms. The predicted molar refractivity (Wildman–Crippen MR) is 78.2 cm³/mol. The Morgan fingerprint density at radius 1 is 1.20 bits per heavy atom. The van der Waals surface area contributed by atoms with E-state index in [-0.39, 0.29) is 11.5 Å². The molecule has 0 amide bonds. The highest BCUT2D eigenvalue weighted by molar-refractivity contribution is 6.63. The molecule has 0 bridgehead atoms. The Kier molecular flexibility index (Phi) is 3.69. The van der Waals surface area contributed by atoms with Crippen LogP contribution < -0.4 is 5.46 Å². The van der Waals surface area contributed by atoms with E-state index in [4.69, 9.17) is 9.31 Å². The standard InChI is InChI=1S/C15H21BO4/c1-10(17)8-11-6-7-12(13(18)9-11)16-19-14(2,3)15(4,5)20-16/h6-7,9,18H,8H2,1-5H3. The maximum absolute atomic E-state index is 11.1. The number of phenols is 1. The van der Waals surface area contributed by atoms with Gasteiger partial charge in [-0.3, -0.25) is 4.79 Å². The van der Waals surface area contributed by atoms with Crippen molar-refractivity contribution in [3.8, 4) is 5.75 Å². The van der Waals surface area contributed by atoms with Crippen molar-refractivity contribution in [1.82, 2.24) is 0 Å². The van der Waals surface area contributed by atoms with E-state index < -0.39 is 18.3 Å². The molecule has 5 heteroatoms. The number of phenolic OH excluding ortho intramolecular Hbond substituents is 1. The van der Waals surface area contributed by atoms with Gasteiger partial charge in [-0.05, 0) is 46.2 Å². The summed E-state index contributed by atoms with van der Waals surface area (Å²) in [5, 5.41) is 10.1. The first kappa shape index (κ1) is 15.1. The number of Topliss-reactive ketones (excluding diaryl/α,β-unsaturated/α-hetero) is 1. The fourth-order valence-corrected chi connectivity index (χ4v) is 2.16. The Balaban J connectivity index is 2.25. The van der Waals surface area contributed by atoms with Crippen LogP contribution in [-0.2, 0) is 20.5 Å². The molecule has 108 valence electrons. The number of carbonyl (C=O) groups is 1. The molecule has 1 aromatic carbocycles. The van der Waals surface area contributed by atoms with Gasteiger partial charge in [-0.2, -0.15) is 0 Å². The third-order valence-electron chi connectivity index (χ3n) is 4.06. The van der Waals surface area contributed by atoms with Crippen molar-refractivity contribution in [3.05, 3.63) is 23.8 Å². The second-order valence-electron chi connectivity index (χ2n) is 6.36. The molecule has 1 aromatic rings. The summed E-state index contributed by atoms with van der Waals surface area (Å²) in [7, 11) is -0.591. The molecule has 0 saturated carbocycles. The zero-order valence-electron chi connectivity index (χ0n) is 12.7. The van der Waals surface area contributed by atoms with Gasteiger partial charge in [0.05, 0.1) is 11.2 Å². The lowest BCUT2D eigenvalue weighted by Crippen LogP contribution is -2.41. The van der Waals surface area contributed by atoms with Gasteiger partial charge in [-0.1, -0.05) is 12.1 Å². The van der Waals surface area contributed by atoms with Crippen molar-refractivity contribution < 1.29 is 19.2 Å². The second-order valence-corrected chi connectivity index (χ2v) is 6.36. The molecule has 2 rings (SSSR count). The van der Waals surface area contributed by atoms with E-state index in [9.17, 15) is 9.90 Å². The Bertz CT molecular complexity index is 521. The number of rotatable bonds is 3. The molecule has 4 nitrogen and oxygen atoms in total. The largest absolute Gasteiger partial charge is 0.508 e.